The number of hydrogen-bond donors (Lipinski definition) is 3. The first kappa shape index (κ1) is 21.5. The lowest BCUT2D eigenvalue weighted by molar-refractivity contribution is -0.123. The highest BCUT2D eigenvalue weighted by atomic mass is 79.9. The molecular formula is C20H24BrClN2O3. The molecule has 1 amide bonds. The van der Waals surface area contributed by atoms with Gasteiger partial charge in [-0.15, -0.1) is 0 Å². The molecule has 0 aromatic heterocycles. The number of nitrogens with two attached hydrogens (primary N) is 1. The molecule has 0 bridgehead atoms. The SMILES string of the molecule is CC(C)c1cc(Cc2c(Cl)cc(OCC(=O)NCCN)cc2Br)ccc1O. The molecule has 0 saturated carbocycles. The normalized spacial score (nSPS) is 10.9. The van der Waals surface area contributed by atoms with Crippen LogP contribution in [0.5, 0.6) is 11.5 Å². The first-order valence-electron chi connectivity index (χ1n) is 8.71. The van der Waals surface area contributed by atoms with Crippen LogP contribution in [0.3, 0.4) is 0 Å². The molecule has 0 radical (unpaired) electrons. The number of halogens is 2. The fraction of sp³-hybridized carbons (Fsp3) is 0.350. The maximum Gasteiger partial charge on any atom is 0.257 e. The summed E-state index contributed by atoms with van der Waals surface area (Å²) in [7, 11) is 0. The Kier molecular flexibility index (Phi) is 7.95. The van der Waals surface area contributed by atoms with Crippen molar-refractivity contribution >= 4 is 33.4 Å². The molecule has 5 nitrogen and oxygen atoms in total. The van der Waals surface area contributed by atoms with Gasteiger partial charge in [-0.3, -0.25) is 4.79 Å². The van der Waals surface area contributed by atoms with E-state index in [9.17, 15) is 9.90 Å². The molecule has 4 N–H and O–H groups in total. The summed E-state index contributed by atoms with van der Waals surface area (Å²) in [6.45, 7) is 4.77. The third-order valence-corrected chi connectivity index (χ3v) is 5.09. The molecular weight excluding hydrogens is 432 g/mol. The maximum absolute atomic E-state index is 11.6. The third-order valence-electron chi connectivity index (χ3n) is 4.05. The zero-order chi connectivity index (χ0) is 20.0. The third kappa shape index (κ3) is 6.13. The van der Waals surface area contributed by atoms with Crippen molar-refractivity contribution in [1.82, 2.24) is 5.32 Å². The summed E-state index contributed by atoms with van der Waals surface area (Å²) in [5.74, 6) is 0.801. The summed E-state index contributed by atoms with van der Waals surface area (Å²) < 4.78 is 6.30. The predicted molar refractivity (Wildman–Crippen MR) is 112 cm³/mol. The van der Waals surface area contributed by atoms with Crippen LogP contribution in [0.1, 0.15) is 36.5 Å². The van der Waals surface area contributed by atoms with Gasteiger partial charge in [0.15, 0.2) is 6.61 Å². The highest BCUT2D eigenvalue weighted by Gasteiger charge is 2.13. The van der Waals surface area contributed by atoms with E-state index < -0.39 is 0 Å². The van der Waals surface area contributed by atoms with Crippen molar-refractivity contribution in [3.8, 4) is 11.5 Å². The Morgan fingerprint density at radius 3 is 2.70 bits per heavy atom. The summed E-state index contributed by atoms with van der Waals surface area (Å²) >= 11 is 9.98. The lowest BCUT2D eigenvalue weighted by Crippen LogP contribution is -2.32. The Bertz CT molecular complexity index is 789. The Balaban J connectivity index is 2.13. The summed E-state index contributed by atoms with van der Waals surface area (Å²) in [6, 6.07) is 9.08. The average Bonchev–Trinajstić information content (AvgIpc) is 2.62. The number of amides is 1. The lowest BCUT2D eigenvalue weighted by Gasteiger charge is -2.14. The molecule has 146 valence electrons. The number of nitrogens with one attached hydrogen (secondary N) is 1. The number of phenols is 1. The van der Waals surface area contributed by atoms with E-state index in [1.807, 2.05) is 26.0 Å². The van der Waals surface area contributed by atoms with Gasteiger partial charge in [-0.1, -0.05) is 53.5 Å². The number of phenolic OH excluding ortho intramolecular Hbond substituents is 1. The monoisotopic (exact) mass is 454 g/mol. The first-order valence-corrected chi connectivity index (χ1v) is 9.88. The van der Waals surface area contributed by atoms with Crippen LogP contribution >= 0.6 is 27.5 Å². The van der Waals surface area contributed by atoms with E-state index in [0.29, 0.717) is 36.0 Å². The Hall–Kier alpha value is -1.76. The van der Waals surface area contributed by atoms with Crippen molar-refractivity contribution in [3.05, 3.63) is 56.5 Å². The van der Waals surface area contributed by atoms with Gasteiger partial charge in [0.05, 0.1) is 0 Å². The number of ether oxygens (including phenoxy) is 1. The number of aromatic hydroxyl groups is 1. The quantitative estimate of drug-likeness (QED) is 0.562. The highest BCUT2D eigenvalue weighted by molar-refractivity contribution is 9.10. The molecule has 0 atom stereocenters. The number of hydrogen-bond acceptors (Lipinski definition) is 4. The molecule has 2 rings (SSSR count). The van der Waals surface area contributed by atoms with Gasteiger partial charge in [0.25, 0.3) is 5.91 Å². The van der Waals surface area contributed by atoms with Crippen LogP contribution in [0.15, 0.2) is 34.8 Å². The Morgan fingerprint density at radius 1 is 1.33 bits per heavy atom. The van der Waals surface area contributed by atoms with Gasteiger partial charge in [-0.05, 0) is 40.8 Å². The summed E-state index contributed by atoms with van der Waals surface area (Å²) in [4.78, 5) is 11.6. The molecule has 27 heavy (non-hydrogen) atoms. The van der Waals surface area contributed by atoms with Gasteiger partial charge >= 0.3 is 0 Å². The van der Waals surface area contributed by atoms with Gasteiger partial charge in [0.1, 0.15) is 11.5 Å². The Morgan fingerprint density at radius 2 is 2.07 bits per heavy atom. The molecule has 0 fully saturated rings. The van der Waals surface area contributed by atoms with Crippen molar-refractivity contribution in [1.29, 1.82) is 0 Å². The van der Waals surface area contributed by atoms with Gasteiger partial charge in [0.2, 0.25) is 0 Å². The largest absolute Gasteiger partial charge is 0.508 e. The lowest BCUT2D eigenvalue weighted by atomic mass is 9.96. The zero-order valence-electron chi connectivity index (χ0n) is 15.4. The fourth-order valence-electron chi connectivity index (χ4n) is 2.62. The number of rotatable bonds is 8. The van der Waals surface area contributed by atoms with Crippen LogP contribution < -0.4 is 15.8 Å². The molecule has 2 aromatic carbocycles. The maximum atomic E-state index is 11.6. The van der Waals surface area contributed by atoms with Crippen LogP contribution in [0, 0.1) is 0 Å². The van der Waals surface area contributed by atoms with Crippen molar-refractivity contribution in [2.45, 2.75) is 26.2 Å². The molecule has 0 aliphatic heterocycles. The molecule has 7 heteroatoms. The van der Waals surface area contributed by atoms with Gasteiger partial charge in [-0.25, -0.2) is 0 Å². The molecule has 0 heterocycles. The molecule has 0 aliphatic carbocycles. The number of carbonyl (C=O) groups is 1. The summed E-state index contributed by atoms with van der Waals surface area (Å²) in [6.07, 6.45) is 0.608. The minimum Gasteiger partial charge on any atom is -0.508 e. The van der Waals surface area contributed by atoms with Crippen LogP contribution in [-0.2, 0) is 11.2 Å². The van der Waals surface area contributed by atoms with Crippen LogP contribution in [0.2, 0.25) is 5.02 Å². The minimum atomic E-state index is -0.234. The minimum absolute atomic E-state index is 0.0994. The van der Waals surface area contributed by atoms with Crippen molar-refractivity contribution in [2.24, 2.45) is 5.73 Å². The van der Waals surface area contributed by atoms with Gasteiger partial charge < -0.3 is 20.9 Å². The molecule has 0 spiro atoms. The van der Waals surface area contributed by atoms with E-state index >= 15 is 0 Å². The van der Waals surface area contributed by atoms with Crippen LogP contribution in [0.25, 0.3) is 0 Å². The van der Waals surface area contributed by atoms with Crippen molar-refractivity contribution in [3.63, 3.8) is 0 Å². The van der Waals surface area contributed by atoms with E-state index in [2.05, 4.69) is 21.2 Å². The first-order chi connectivity index (χ1) is 12.8. The number of benzene rings is 2. The topological polar surface area (TPSA) is 84.6 Å². The smallest absolute Gasteiger partial charge is 0.257 e. The predicted octanol–water partition coefficient (Wildman–Crippen LogP) is 3.98. The summed E-state index contributed by atoms with van der Waals surface area (Å²) in [5, 5.41) is 13.2. The molecule has 2 aromatic rings. The van der Waals surface area contributed by atoms with Gasteiger partial charge in [-0.2, -0.15) is 0 Å². The van der Waals surface area contributed by atoms with Gasteiger partial charge in [0, 0.05) is 29.0 Å². The summed E-state index contributed by atoms with van der Waals surface area (Å²) in [5.41, 5.74) is 8.21. The van der Waals surface area contributed by atoms with E-state index in [1.54, 1.807) is 18.2 Å². The van der Waals surface area contributed by atoms with E-state index in [1.165, 1.54) is 0 Å². The highest BCUT2D eigenvalue weighted by Crippen LogP contribution is 2.34. The Labute approximate surface area is 173 Å². The number of carbonyl (C=O) groups excluding carboxylic acids is 1. The van der Waals surface area contributed by atoms with Crippen molar-refractivity contribution in [2.75, 3.05) is 19.7 Å². The average molecular weight is 456 g/mol. The second-order valence-corrected chi connectivity index (χ2v) is 7.78. The van der Waals surface area contributed by atoms with Crippen LogP contribution in [0.4, 0.5) is 0 Å². The van der Waals surface area contributed by atoms with Crippen LogP contribution in [-0.4, -0.2) is 30.7 Å². The fourth-order valence-corrected chi connectivity index (χ4v) is 3.59. The van der Waals surface area contributed by atoms with E-state index in [0.717, 1.165) is 21.2 Å². The second kappa shape index (κ2) is 9.97. The van der Waals surface area contributed by atoms with E-state index in [4.69, 9.17) is 22.1 Å². The molecule has 0 unspecified atom stereocenters. The molecule has 0 aliphatic rings. The van der Waals surface area contributed by atoms with E-state index in [-0.39, 0.29) is 18.4 Å². The standard InChI is InChI=1S/C20H24BrClN2O3/c1-12(2)15-7-13(3-4-19(15)25)8-16-17(21)9-14(10-18(16)22)27-11-20(26)24-6-5-23/h3-4,7,9-10,12,25H,5-6,8,11,23H2,1-2H3,(H,24,26). The van der Waals surface area contributed by atoms with Crippen molar-refractivity contribution < 1.29 is 14.6 Å². The zero-order valence-corrected chi connectivity index (χ0v) is 17.7. The molecule has 0 saturated heterocycles. The second-order valence-electron chi connectivity index (χ2n) is 6.52.